The van der Waals surface area contributed by atoms with Gasteiger partial charge in [-0.25, -0.2) is 4.39 Å². The van der Waals surface area contributed by atoms with E-state index in [2.05, 4.69) is 13.2 Å². The van der Waals surface area contributed by atoms with Gasteiger partial charge in [0.15, 0.2) is 5.67 Å². The highest BCUT2D eigenvalue weighted by molar-refractivity contribution is 14.1. The molecule has 0 aliphatic carbocycles. The van der Waals surface area contributed by atoms with E-state index in [1.165, 1.54) is 0 Å². The molecule has 0 saturated heterocycles. The van der Waals surface area contributed by atoms with Crippen LogP contribution in [0.2, 0.25) is 0 Å². The van der Waals surface area contributed by atoms with Crippen LogP contribution in [0.4, 0.5) is 4.39 Å². The monoisotopic (exact) mass is 302 g/mol. The maximum atomic E-state index is 14.5. The van der Waals surface area contributed by atoms with E-state index < -0.39 is 5.67 Å². The van der Waals surface area contributed by atoms with E-state index in [9.17, 15) is 4.39 Å². The van der Waals surface area contributed by atoms with Gasteiger partial charge in [0.05, 0.1) is 0 Å². The number of rotatable bonds is 4. The van der Waals surface area contributed by atoms with Crippen molar-refractivity contribution in [1.29, 1.82) is 0 Å². The van der Waals surface area contributed by atoms with Gasteiger partial charge in [-0.15, -0.1) is 6.58 Å². The van der Waals surface area contributed by atoms with Gasteiger partial charge in [-0.1, -0.05) is 43.0 Å². The number of hydrogen-bond acceptors (Lipinski definition) is 0. The Morgan fingerprint density at radius 2 is 2.00 bits per heavy atom. The Morgan fingerprint density at radius 3 is 2.43 bits per heavy atom. The molecule has 0 heterocycles. The molecule has 1 atom stereocenters. The van der Waals surface area contributed by atoms with Gasteiger partial charge in [0.25, 0.3) is 0 Å². The first kappa shape index (κ1) is 11.4. The fourth-order valence-electron chi connectivity index (χ4n) is 1.29. The Morgan fingerprint density at radius 1 is 1.43 bits per heavy atom. The Bertz CT molecular complexity index is 331. The van der Waals surface area contributed by atoms with Crippen LogP contribution in [-0.4, -0.2) is 0 Å². The van der Waals surface area contributed by atoms with Gasteiger partial charge in [-0.2, -0.15) is 0 Å². The van der Waals surface area contributed by atoms with Crippen LogP contribution >= 0.6 is 22.6 Å². The Balaban J connectivity index is 3.12. The molecule has 0 spiro atoms. The zero-order valence-electron chi connectivity index (χ0n) is 7.84. The minimum absolute atomic E-state index is 0.263. The van der Waals surface area contributed by atoms with Crippen LogP contribution in [0, 0.1) is 0 Å². The largest absolute Gasteiger partial charge is 0.233 e. The summed E-state index contributed by atoms with van der Waals surface area (Å²) in [6.45, 7) is 7.26. The fourth-order valence-corrected chi connectivity index (χ4v) is 1.82. The molecule has 14 heavy (non-hydrogen) atoms. The van der Waals surface area contributed by atoms with Crippen molar-refractivity contribution in [3.05, 3.63) is 58.7 Å². The topological polar surface area (TPSA) is 0 Å². The van der Waals surface area contributed by atoms with Crippen molar-refractivity contribution in [2.75, 3.05) is 0 Å². The first-order valence-corrected chi connectivity index (χ1v) is 5.39. The molecule has 0 N–H and O–H groups in total. The van der Waals surface area contributed by atoms with Gasteiger partial charge in [0.2, 0.25) is 0 Å². The number of halogens is 2. The number of hydrogen-bond donors (Lipinski definition) is 0. The molecule has 0 amide bonds. The summed E-state index contributed by atoms with van der Waals surface area (Å²) in [5, 5.41) is 0. The minimum Gasteiger partial charge on any atom is -0.233 e. The highest BCUT2D eigenvalue weighted by Crippen LogP contribution is 2.39. The molecule has 0 aliphatic heterocycles. The van der Waals surface area contributed by atoms with Gasteiger partial charge in [0.1, 0.15) is 0 Å². The van der Waals surface area contributed by atoms with Crippen LogP contribution in [0.1, 0.15) is 12.0 Å². The SMILES string of the molecule is C=CCC(F)(C(=C)I)c1ccccc1. The normalized spacial score (nSPS) is 14.4. The van der Waals surface area contributed by atoms with E-state index in [0.717, 1.165) is 0 Å². The molecule has 0 bridgehead atoms. The van der Waals surface area contributed by atoms with E-state index in [1.54, 1.807) is 18.2 Å². The quantitative estimate of drug-likeness (QED) is 0.572. The van der Waals surface area contributed by atoms with Crippen molar-refractivity contribution in [3.8, 4) is 0 Å². The lowest BCUT2D eigenvalue weighted by atomic mass is 9.92. The Kier molecular flexibility index (Phi) is 3.86. The van der Waals surface area contributed by atoms with Gasteiger partial charge in [-0.05, 0) is 28.2 Å². The standard InChI is InChI=1S/C12H12FI/c1-3-9-12(13,10(2)14)11-7-5-4-6-8-11/h3-8H,1-2,9H2. The highest BCUT2D eigenvalue weighted by Gasteiger charge is 2.32. The highest BCUT2D eigenvalue weighted by atomic mass is 127. The van der Waals surface area contributed by atoms with Crippen LogP contribution in [-0.2, 0) is 5.67 Å². The minimum atomic E-state index is -1.48. The van der Waals surface area contributed by atoms with E-state index in [4.69, 9.17) is 0 Å². The Labute approximate surface area is 97.7 Å². The zero-order valence-corrected chi connectivity index (χ0v) is 10.00. The fraction of sp³-hybridized carbons (Fsp3) is 0.167. The molecular formula is C12H12FI. The summed E-state index contributed by atoms with van der Waals surface area (Å²) in [6, 6.07) is 9.06. The third-order valence-electron chi connectivity index (χ3n) is 2.09. The lowest BCUT2D eigenvalue weighted by Gasteiger charge is -2.23. The van der Waals surface area contributed by atoms with Crippen molar-refractivity contribution < 1.29 is 4.39 Å². The maximum Gasteiger partial charge on any atom is 0.169 e. The van der Waals surface area contributed by atoms with Crippen LogP contribution in [0.25, 0.3) is 0 Å². The second-order valence-corrected chi connectivity index (χ2v) is 4.37. The molecule has 1 aromatic rings. The van der Waals surface area contributed by atoms with Gasteiger partial charge < -0.3 is 0 Å². The summed E-state index contributed by atoms with van der Waals surface area (Å²) in [4.78, 5) is 0. The summed E-state index contributed by atoms with van der Waals surface area (Å²) in [5.74, 6) is 0. The summed E-state index contributed by atoms with van der Waals surface area (Å²) in [5.41, 5.74) is -0.844. The number of allylic oxidation sites excluding steroid dienone is 2. The van der Waals surface area contributed by atoms with Crippen molar-refractivity contribution in [1.82, 2.24) is 0 Å². The van der Waals surface area contributed by atoms with Crippen LogP contribution in [0.15, 0.2) is 53.1 Å². The molecule has 0 aromatic heterocycles. The number of alkyl halides is 1. The maximum absolute atomic E-state index is 14.5. The lowest BCUT2D eigenvalue weighted by Crippen LogP contribution is -2.18. The summed E-state index contributed by atoms with van der Waals surface area (Å²) >= 11 is 1.93. The van der Waals surface area contributed by atoms with Crippen molar-refractivity contribution in [2.45, 2.75) is 12.1 Å². The average Bonchev–Trinajstić information content (AvgIpc) is 2.19. The smallest absolute Gasteiger partial charge is 0.169 e. The second-order valence-electron chi connectivity index (χ2n) is 3.06. The third kappa shape index (κ3) is 2.23. The van der Waals surface area contributed by atoms with Crippen LogP contribution in [0.5, 0.6) is 0 Å². The van der Waals surface area contributed by atoms with E-state index in [0.29, 0.717) is 9.14 Å². The molecule has 0 fully saturated rings. The molecular weight excluding hydrogens is 290 g/mol. The lowest BCUT2D eigenvalue weighted by molar-refractivity contribution is 0.236. The molecule has 2 heteroatoms. The first-order valence-electron chi connectivity index (χ1n) is 4.31. The van der Waals surface area contributed by atoms with E-state index in [-0.39, 0.29) is 6.42 Å². The van der Waals surface area contributed by atoms with Crippen molar-refractivity contribution in [3.63, 3.8) is 0 Å². The molecule has 74 valence electrons. The molecule has 0 saturated carbocycles. The first-order chi connectivity index (χ1) is 6.61. The number of benzene rings is 1. The van der Waals surface area contributed by atoms with Crippen molar-refractivity contribution in [2.24, 2.45) is 0 Å². The molecule has 0 aliphatic rings. The third-order valence-corrected chi connectivity index (χ3v) is 2.94. The molecule has 1 unspecified atom stereocenters. The summed E-state index contributed by atoms with van der Waals surface area (Å²) in [7, 11) is 0. The molecule has 0 radical (unpaired) electrons. The zero-order chi connectivity index (χ0) is 10.6. The van der Waals surface area contributed by atoms with E-state index >= 15 is 0 Å². The van der Waals surface area contributed by atoms with Gasteiger partial charge >= 0.3 is 0 Å². The van der Waals surface area contributed by atoms with Gasteiger partial charge in [0, 0.05) is 10.0 Å². The summed E-state index contributed by atoms with van der Waals surface area (Å²) < 4.78 is 15.0. The predicted octanol–water partition coefficient (Wildman–Crippen LogP) is 4.38. The second kappa shape index (κ2) is 4.73. The Hall–Kier alpha value is -0.640. The van der Waals surface area contributed by atoms with Crippen LogP contribution in [0.3, 0.4) is 0 Å². The van der Waals surface area contributed by atoms with E-state index in [1.807, 2.05) is 40.8 Å². The summed E-state index contributed by atoms with van der Waals surface area (Å²) in [6.07, 6.45) is 1.84. The molecule has 1 rings (SSSR count). The molecule has 1 aromatic carbocycles. The van der Waals surface area contributed by atoms with Crippen molar-refractivity contribution >= 4 is 22.6 Å². The van der Waals surface area contributed by atoms with Crippen LogP contribution < -0.4 is 0 Å². The average molecular weight is 302 g/mol. The van der Waals surface area contributed by atoms with Gasteiger partial charge in [-0.3, -0.25) is 0 Å². The predicted molar refractivity (Wildman–Crippen MR) is 67.2 cm³/mol. The molecule has 0 nitrogen and oxygen atoms in total.